The molecule has 6 nitrogen and oxygen atoms in total. The van der Waals surface area contributed by atoms with E-state index >= 15 is 0 Å². The molecule has 2 rings (SSSR count). The van der Waals surface area contributed by atoms with Crippen LogP contribution in [-0.2, 0) is 9.59 Å². The van der Waals surface area contributed by atoms with Gasteiger partial charge >= 0.3 is 0 Å². The fourth-order valence-corrected chi connectivity index (χ4v) is 2.27. The zero-order chi connectivity index (χ0) is 18.4. The highest BCUT2D eigenvalue weighted by atomic mass is 35.5. The number of halogens is 2. The molecule has 2 amide bonds. The van der Waals surface area contributed by atoms with Gasteiger partial charge in [0.2, 0.25) is 5.91 Å². The van der Waals surface area contributed by atoms with Crippen LogP contribution < -0.4 is 20.1 Å². The van der Waals surface area contributed by atoms with Crippen molar-refractivity contribution in [2.45, 2.75) is 6.92 Å². The van der Waals surface area contributed by atoms with Gasteiger partial charge in [0.1, 0.15) is 11.5 Å². The number of anilines is 2. The van der Waals surface area contributed by atoms with Crippen LogP contribution in [0.3, 0.4) is 0 Å². The summed E-state index contributed by atoms with van der Waals surface area (Å²) in [5.41, 5.74) is 0.950. The summed E-state index contributed by atoms with van der Waals surface area (Å²) in [5.74, 6) is 0.299. The minimum absolute atomic E-state index is 0.209. The third-order valence-corrected chi connectivity index (χ3v) is 3.79. The summed E-state index contributed by atoms with van der Waals surface area (Å²) in [5, 5.41) is 6.05. The predicted octanol–water partition coefficient (Wildman–Crippen LogP) is 3.98. The second kappa shape index (κ2) is 8.60. The lowest BCUT2D eigenvalue weighted by Crippen LogP contribution is -2.20. The fraction of sp³-hybridized carbons (Fsp3) is 0.176. The number of nitrogens with one attached hydrogen (secondary N) is 2. The lowest BCUT2D eigenvalue weighted by Gasteiger charge is -2.12. The standard InChI is InChI=1S/C17H16Cl2N2O4/c1-10(22)20-15-7-11(3-6-16(15)24-2)21-17(23)9-25-12-4-5-13(18)14(19)8-12/h3-8H,9H2,1-2H3,(H,20,22)(H,21,23). The van der Waals surface area contributed by atoms with Gasteiger partial charge in [-0.3, -0.25) is 9.59 Å². The molecule has 0 aliphatic carbocycles. The Morgan fingerprint density at radius 3 is 2.44 bits per heavy atom. The molecule has 0 fully saturated rings. The number of methoxy groups -OCH3 is 1. The van der Waals surface area contributed by atoms with E-state index in [9.17, 15) is 9.59 Å². The van der Waals surface area contributed by atoms with Gasteiger partial charge in [-0.25, -0.2) is 0 Å². The van der Waals surface area contributed by atoms with Crippen LogP contribution >= 0.6 is 23.2 Å². The van der Waals surface area contributed by atoms with Crippen molar-refractivity contribution in [1.29, 1.82) is 0 Å². The van der Waals surface area contributed by atoms with Crippen LogP contribution in [0.25, 0.3) is 0 Å². The minimum Gasteiger partial charge on any atom is -0.495 e. The van der Waals surface area contributed by atoms with Crippen LogP contribution in [0, 0.1) is 0 Å². The summed E-state index contributed by atoms with van der Waals surface area (Å²) in [4.78, 5) is 23.2. The molecule has 2 aromatic rings. The topological polar surface area (TPSA) is 76.7 Å². The average Bonchev–Trinajstić information content (AvgIpc) is 2.56. The maximum Gasteiger partial charge on any atom is 0.262 e. The van der Waals surface area contributed by atoms with E-state index in [-0.39, 0.29) is 18.4 Å². The molecular formula is C17H16Cl2N2O4. The molecule has 2 N–H and O–H groups in total. The Morgan fingerprint density at radius 1 is 1.04 bits per heavy atom. The van der Waals surface area contributed by atoms with Crippen LogP contribution in [0.4, 0.5) is 11.4 Å². The lowest BCUT2D eigenvalue weighted by molar-refractivity contribution is -0.118. The van der Waals surface area contributed by atoms with Crippen LogP contribution in [0.15, 0.2) is 36.4 Å². The second-order valence-corrected chi connectivity index (χ2v) is 5.82. The molecular weight excluding hydrogens is 367 g/mol. The van der Waals surface area contributed by atoms with Crippen LogP contribution in [-0.4, -0.2) is 25.5 Å². The first-order chi connectivity index (χ1) is 11.9. The number of amides is 2. The van der Waals surface area contributed by atoms with Crippen molar-refractivity contribution in [1.82, 2.24) is 0 Å². The van der Waals surface area contributed by atoms with Gasteiger partial charge in [-0.1, -0.05) is 23.2 Å². The Balaban J connectivity index is 1.99. The first-order valence-electron chi connectivity index (χ1n) is 7.22. The number of ether oxygens (including phenoxy) is 2. The van der Waals surface area contributed by atoms with Gasteiger partial charge in [0.25, 0.3) is 5.91 Å². The monoisotopic (exact) mass is 382 g/mol. The average molecular weight is 383 g/mol. The summed E-state index contributed by atoms with van der Waals surface area (Å²) >= 11 is 11.7. The van der Waals surface area contributed by atoms with E-state index in [1.807, 2.05) is 0 Å². The SMILES string of the molecule is COc1ccc(NC(=O)COc2ccc(Cl)c(Cl)c2)cc1NC(C)=O. The van der Waals surface area contributed by atoms with Crippen LogP contribution in [0.5, 0.6) is 11.5 Å². The van der Waals surface area contributed by atoms with Crippen LogP contribution in [0.1, 0.15) is 6.92 Å². The van der Waals surface area contributed by atoms with Gasteiger partial charge in [-0.15, -0.1) is 0 Å². The van der Waals surface area contributed by atoms with Gasteiger partial charge in [-0.05, 0) is 30.3 Å². The van der Waals surface area contributed by atoms with E-state index in [0.29, 0.717) is 32.9 Å². The maximum absolute atomic E-state index is 12.0. The highest BCUT2D eigenvalue weighted by Gasteiger charge is 2.09. The molecule has 132 valence electrons. The predicted molar refractivity (Wildman–Crippen MR) is 97.9 cm³/mol. The molecule has 0 bridgehead atoms. The Labute approximate surface area is 155 Å². The van der Waals surface area contributed by atoms with Gasteiger partial charge in [0, 0.05) is 18.7 Å². The normalized spacial score (nSPS) is 10.1. The third-order valence-electron chi connectivity index (χ3n) is 3.05. The Bertz CT molecular complexity index is 796. The number of carbonyl (C=O) groups is 2. The quantitative estimate of drug-likeness (QED) is 0.791. The number of hydrogen-bond acceptors (Lipinski definition) is 4. The van der Waals surface area contributed by atoms with Crippen molar-refractivity contribution in [2.24, 2.45) is 0 Å². The van der Waals surface area contributed by atoms with Crippen molar-refractivity contribution in [3.8, 4) is 11.5 Å². The molecule has 0 heterocycles. The lowest BCUT2D eigenvalue weighted by atomic mass is 10.2. The molecule has 0 unspecified atom stereocenters. The molecule has 25 heavy (non-hydrogen) atoms. The Kier molecular flexibility index (Phi) is 6.50. The summed E-state index contributed by atoms with van der Waals surface area (Å²) in [7, 11) is 1.49. The molecule has 0 saturated carbocycles. The molecule has 0 aliphatic rings. The second-order valence-electron chi connectivity index (χ2n) is 5.01. The number of rotatable bonds is 6. The van der Waals surface area contributed by atoms with E-state index < -0.39 is 0 Å². The third kappa shape index (κ3) is 5.55. The Hall–Kier alpha value is -2.44. The van der Waals surface area contributed by atoms with Gasteiger partial charge in [0.15, 0.2) is 6.61 Å². The number of benzene rings is 2. The van der Waals surface area contributed by atoms with Crippen molar-refractivity contribution in [2.75, 3.05) is 24.4 Å². The zero-order valence-corrected chi connectivity index (χ0v) is 15.1. The van der Waals surface area contributed by atoms with Gasteiger partial charge in [0.05, 0.1) is 22.8 Å². The fourth-order valence-electron chi connectivity index (χ4n) is 1.99. The van der Waals surface area contributed by atoms with Crippen molar-refractivity contribution in [3.63, 3.8) is 0 Å². The molecule has 0 saturated heterocycles. The van der Waals surface area contributed by atoms with Crippen molar-refractivity contribution in [3.05, 3.63) is 46.4 Å². The molecule has 0 atom stereocenters. The number of hydrogen-bond donors (Lipinski definition) is 2. The van der Waals surface area contributed by atoms with E-state index in [1.165, 1.54) is 20.1 Å². The van der Waals surface area contributed by atoms with Gasteiger partial charge < -0.3 is 20.1 Å². The maximum atomic E-state index is 12.0. The first kappa shape index (κ1) is 18.9. The summed E-state index contributed by atoms with van der Waals surface area (Å²) in [6.45, 7) is 1.18. The summed E-state index contributed by atoms with van der Waals surface area (Å²) in [6.07, 6.45) is 0. The largest absolute Gasteiger partial charge is 0.495 e. The Morgan fingerprint density at radius 2 is 1.80 bits per heavy atom. The zero-order valence-electron chi connectivity index (χ0n) is 13.6. The van der Waals surface area contributed by atoms with Crippen molar-refractivity contribution >= 4 is 46.4 Å². The van der Waals surface area contributed by atoms with E-state index in [4.69, 9.17) is 32.7 Å². The summed E-state index contributed by atoms with van der Waals surface area (Å²) in [6, 6.07) is 9.61. The molecule has 0 aliphatic heterocycles. The molecule has 0 spiro atoms. The molecule has 8 heteroatoms. The minimum atomic E-state index is -0.370. The van der Waals surface area contributed by atoms with E-state index in [1.54, 1.807) is 30.3 Å². The van der Waals surface area contributed by atoms with Crippen molar-refractivity contribution < 1.29 is 19.1 Å². The smallest absolute Gasteiger partial charge is 0.262 e. The first-order valence-corrected chi connectivity index (χ1v) is 7.98. The molecule has 2 aromatic carbocycles. The molecule has 0 radical (unpaired) electrons. The van der Waals surface area contributed by atoms with E-state index in [0.717, 1.165) is 0 Å². The number of carbonyl (C=O) groups excluding carboxylic acids is 2. The highest BCUT2D eigenvalue weighted by molar-refractivity contribution is 6.42. The van der Waals surface area contributed by atoms with E-state index in [2.05, 4.69) is 10.6 Å². The van der Waals surface area contributed by atoms with Crippen LogP contribution in [0.2, 0.25) is 10.0 Å². The summed E-state index contributed by atoms with van der Waals surface area (Å²) < 4.78 is 10.5. The molecule has 0 aromatic heterocycles. The highest BCUT2D eigenvalue weighted by Crippen LogP contribution is 2.28. The van der Waals surface area contributed by atoms with Gasteiger partial charge in [-0.2, -0.15) is 0 Å².